The van der Waals surface area contributed by atoms with E-state index in [9.17, 15) is 4.79 Å². The van der Waals surface area contributed by atoms with Gasteiger partial charge in [0.05, 0.1) is 6.04 Å². The van der Waals surface area contributed by atoms with E-state index in [4.69, 9.17) is 0 Å². The molecular formula is C18H22N2O. The summed E-state index contributed by atoms with van der Waals surface area (Å²) in [6, 6.07) is 14.5. The summed E-state index contributed by atoms with van der Waals surface area (Å²) in [6.45, 7) is 1.55. The zero-order valence-corrected chi connectivity index (χ0v) is 12.3. The van der Waals surface area contributed by atoms with Crippen molar-refractivity contribution in [1.29, 1.82) is 0 Å². The van der Waals surface area contributed by atoms with Crippen molar-refractivity contribution in [3.05, 3.63) is 48.0 Å². The molecule has 1 amide bonds. The first kappa shape index (κ1) is 14.1. The first-order valence-electron chi connectivity index (χ1n) is 7.82. The maximum Gasteiger partial charge on any atom is 0.237 e. The Morgan fingerprint density at radius 1 is 1.10 bits per heavy atom. The molecule has 2 N–H and O–H groups in total. The van der Waals surface area contributed by atoms with Crippen molar-refractivity contribution in [2.24, 2.45) is 0 Å². The van der Waals surface area contributed by atoms with Gasteiger partial charge in [-0.25, -0.2) is 0 Å². The average Bonchev–Trinajstić information content (AvgIpc) is 2.82. The van der Waals surface area contributed by atoms with Crippen molar-refractivity contribution in [2.45, 2.75) is 38.3 Å². The Morgan fingerprint density at radius 3 is 2.90 bits per heavy atom. The molecule has 0 spiro atoms. The van der Waals surface area contributed by atoms with E-state index >= 15 is 0 Å². The Kier molecular flexibility index (Phi) is 4.51. The van der Waals surface area contributed by atoms with Crippen LogP contribution in [0.5, 0.6) is 0 Å². The molecule has 1 aliphatic rings. The van der Waals surface area contributed by atoms with Crippen molar-refractivity contribution in [3.8, 4) is 0 Å². The van der Waals surface area contributed by atoms with Gasteiger partial charge in [0, 0.05) is 6.54 Å². The first-order valence-corrected chi connectivity index (χ1v) is 7.82. The number of fused-ring (bicyclic) bond motifs is 1. The number of hydrogen-bond donors (Lipinski definition) is 2. The first-order chi connectivity index (χ1) is 10.3. The van der Waals surface area contributed by atoms with Crippen LogP contribution < -0.4 is 10.6 Å². The van der Waals surface area contributed by atoms with Gasteiger partial charge in [-0.15, -0.1) is 0 Å². The monoisotopic (exact) mass is 282 g/mol. The maximum absolute atomic E-state index is 12.3. The van der Waals surface area contributed by atoms with Gasteiger partial charge in [-0.1, -0.05) is 55.3 Å². The normalized spacial score (nSPS) is 19.1. The molecule has 2 aromatic carbocycles. The van der Waals surface area contributed by atoms with E-state index in [0.29, 0.717) is 6.54 Å². The summed E-state index contributed by atoms with van der Waals surface area (Å²) in [5.41, 5.74) is 1.18. The number of amides is 1. The van der Waals surface area contributed by atoms with Gasteiger partial charge in [-0.05, 0) is 35.7 Å². The third-order valence-electron chi connectivity index (χ3n) is 4.21. The van der Waals surface area contributed by atoms with Gasteiger partial charge < -0.3 is 10.6 Å². The Balaban J connectivity index is 1.67. The van der Waals surface area contributed by atoms with E-state index < -0.39 is 0 Å². The van der Waals surface area contributed by atoms with E-state index in [0.717, 1.165) is 19.4 Å². The summed E-state index contributed by atoms with van der Waals surface area (Å²) in [5, 5.41) is 8.87. The van der Waals surface area contributed by atoms with E-state index in [1.165, 1.54) is 29.2 Å². The van der Waals surface area contributed by atoms with Crippen molar-refractivity contribution < 1.29 is 4.79 Å². The maximum atomic E-state index is 12.3. The second-order valence-corrected chi connectivity index (χ2v) is 5.71. The van der Waals surface area contributed by atoms with Crippen LogP contribution in [-0.2, 0) is 11.3 Å². The zero-order chi connectivity index (χ0) is 14.5. The van der Waals surface area contributed by atoms with Crippen LogP contribution >= 0.6 is 0 Å². The van der Waals surface area contributed by atoms with Crippen LogP contribution in [0.2, 0.25) is 0 Å². The van der Waals surface area contributed by atoms with Crippen LogP contribution in [0, 0.1) is 0 Å². The molecule has 1 saturated heterocycles. The fraction of sp³-hybridized carbons (Fsp3) is 0.389. The highest BCUT2D eigenvalue weighted by Gasteiger charge is 2.19. The van der Waals surface area contributed by atoms with Crippen LogP contribution in [0.25, 0.3) is 10.8 Å². The quantitative estimate of drug-likeness (QED) is 0.908. The molecular weight excluding hydrogens is 260 g/mol. The smallest absolute Gasteiger partial charge is 0.237 e. The van der Waals surface area contributed by atoms with Crippen LogP contribution in [0.1, 0.15) is 31.2 Å². The topological polar surface area (TPSA) is 41.1 Å². The highest BCUT2D eigenvalue weighted by atomic mass is 16.2. The fourth-order valence-electron chi connectivity index (χ4n) is 3.00. The third-order valence-corrected chi connectivity index (χ3v) is 4.21. The molecule has 3 nitrogen and oxygen atoms in total. The molecule has 110 valence electrons. The van der Waals surface area contributed by atoms with Gasteiger partial charge >= 0.3 is 0 Å². The van der Waals surface area contributed by atoms with Crippen molar-refractivity contribution in [1.82, 2.24) is 10.6 Å². The number of carbonyl (C=O) groups is 1. The standard InChI is InChI=1S/C18H22N2O/c21-18(17-11-2-1-5-12-19-17)20-13-15-9-6-8-14-7-3-4-10-16(14)15/h3-4,6-10,17,19H,1-2,5,11-13H2,(H,20,21). The fourth-order valence-corrected chi connectivity index (χ4v) is 3.00. The molecule has 0 saturated carbocycles. The van der Waals surface area contributed by atoms with Gasteiger partial charge in [0.2, 0.25) is 5.91 Å². The zero-order valence-electron chi connectivity index (χ0n) is 12.3. The minimum absolute atomic E-state index is 0.0255. The molecule has 1 atom stereocenters. The van der Waals surface area contributed by atoms with Crippen LogP contribution in [0.4, 0.5) is 0 Å². The Morgan fingerprint density at radius 2 is 1.95 bits per heavy atom. The summed E-state index contributed by atoms with van der Waals surface area (Å²) in [5.74, 6) is 0.129. The lowest BCUT2D eigenvalue weighted by Crippen LogP contribution is -2.43. The van der Waals surface area contributed by atoms with Crippen LogP contribution in [-0.4, -0.2) is 18.5 Å². The van der Waals surface area contributed by atoms with Gasteiger partial charge in [-0.2, -0.15) is 0 Å². The van der Waals surface area contributed by atoms with Crippen LogP contribution in [0.3, 0.4) is 0 Å². The number of nitrogens with one attached hydrogen (secondary N) is 2. The summed E-state index contributed by atoms with van der Waals surface area (Å²) < 4.78 is 0. The van der Waals surface area contributed by atoms with Gasteiger partial charge in [-0.3, -0.25) is 4.79 Å². The van der Waals surface area contributed by atoms with Gasteiger partial charge in [0.25, 0.3) is 0 Å². The van der Waals surface area contributed by atoms with E-state index in [1.807, 2.05) is 18.2 Å². The number of carbonyl (C=O) groups excluding carboxylic acids is 1. The lowest BCUT2D eigenvalue weighted by molar-refractivity contribution is -0.123. The average molecular weight is 282 g/mol. The highest BCUT2D eigenvalue weighted by molar-refractivity contribution is 5.86. The molecule has 21 heavy (non-hydrogen) atoms. The predicted octanol–water partition coefficient (Wildman–Crippen LogP) is 2.99. The summed E-state index contributed by atoms with van der Waals surface area (Å²) in [7, 11) is 0. The minimum Gasteiger partial charge on any atom is -0.351 e. The molecule has 0 aromatic heterocycles. The third kappa shape index (κ3) is 3.42. The molecule has 0 bridgehead atoms. The molecule has 3 rings (SSSR count). The highest BCUT2D eigenvalue weighted by Crippen LogP contribution is 2.18. The molecule has 1 aliphatic heterocycles. The Hall–Kier alpha value is -1.87. The number of hydrogen-bond acceptors (Lipinski definition) is 2. The Labute approximate surface area is 125 Å². The van der Waals surface area contributed by atoms with E-state index in [2.05, 4.69) is 34.9 Å². The number of rotatable bonds is 3. The van der Waals surface area contributed by atoms with Crippen molar-refractivity contribution in [3.63, 3.8) is 0 Å². The predicted molar refractivity (Wildman–Crippen MR) is 86.1 cm³/mol. The largest absolute Gasteiger partial charge is 0.351 e. The second-order valence-electron chi connectivity index (χ2n) is 5.71. The second kappa shape index (κ2) is 6.72. The molecule has 1 unspecified atom stereocenters. The Bertz CT molecular complexity index is 610. The lowest BCUT2D eigenvalue weighted by atomic mass is 10.0. The number of benzene rings is 2. The van der Waals surface area contributed by atoms with Crippen LogP contribution in [0.15, 0.2) is 42.5 Å². The molecule has 0 aliphatic carbocycles. The van der Waals surface area contributed by atoms with Crippen molar-refractivity contribution in [2.75, 3.05) is 6.54 Å². The lowest BCUT2D eigenvalue weighted by Gasteiger charge is -2.16. The summed E-state index contributed by atoms with van der Waals surface area (Å²) >= 11 is 0. The summed E-state index contributed by atoms with van der Waals surface area (Å²) in [4.78, 5) is 12.3. The molecule has 3 heteroatoms. The van der Waals surface area contributed by atoms with Gasteiger partial charge in [0.15, 0.2) is 0 Å². The molecule has 0 radical (unpaired) electrons. The minimum atomic E-state index is -0.0255. The van der Waals surface area contributed by atoms with E-state index in [1.54, 1.807) is 0 Å². The van der Waals surface area contributed by atoms with E-state index in [-0.39, 0.29) is 11.9 Å². The van der Waals surface area contributed by atoms with Crippen molar-refractivity contribution >= 4 is 16.7 Å². The molecule has 2 aromatic rings. The molecule has 1 heterocycles. The summed E-state index contributed by atoms with van der Waals surface area (Å²) in [6.07, 6.45) is 4.48. The SMILES string of the molecule is O=C(NCc1cccc2ccccc12)C1CCCCCN1. The van der Waals surface area contributed by atoms with Gasteiger partial charge in [0.1, 0.15) is 0 Å². The molecule has 1 fully saturated rings.